The van der Waals surface area contributed by atoms with E-state index in [0.29, 0.717) is 18.3 Å². The second-order valence-corrected chi connectivity index (χ2v) is 8.74. The Labute approximate surface area is 184 Å². The molecule has 1 N–H and O–H groups in total. The van der Waals surface area contributed by atoms with E-state index in [1.807, 2.05) is 49.4 Å². The number of piperidine rings is 1. The van der Waals surface area contributed by atoms with Gasteiger partial charge in [-0.05, 0) is 63.5 Å². The predicted molar refractivity (Wildman–Crippen MR) is 120 cm³/mol. The number of nitrogens with zero attached hydrogens (tertiary/aromatic N) is 3. The zero-order valence-corrected chi connectivity index (χ0v) is 18.8. The number of aromatic nitrogens is 2. The van der Waals surface area contributed by atoms with Crippen LogP contribution >= 0.6 is 15.9 Å². The van der Waals surface area contributed by atoms with Crippen LogP contribution < -0.4 is 5.32 Å². The largest absolute Gasteiger partial charge is 0.338 e. The third-order valence-electron chi connectivity index (χ3n) is 5.52. The SMILES string of the molecule is Cc1ccc(-c2noc(CN3CCC(C(=O)Nc4ccc(Br)c(C)c4)CC3)n2)cc1. The van der Waals surface area contributed by atoms with Crippen molar-refractivity contribution in [3.8, 4) is 11.4 Å². The average Bonchev–Trinajstić information content (AvgIpc) is 3.20. The monoisotopic (exact) mass is 468 g/mol. The summed E-state index contributed by atoms with van der Waals surface area (Å²) in [5.74, 6) is 1.34. The van der Waals surface area contributed by atoms with Gasteiger partial charge in [-0.25, -0.2) is 0 Å². The molecule has 30 heavy (non-hydrogen) atoms. The molecule has 0 bridgehead atoms. The maximum absolute atomic E-state index is 12.6. The number of aryl methyl sites for hydroxylation is 2. The van der Waals surface area contributed by atoms with Crippen molar-refractivity contribution in [3.63, 3.8) is 0 Å². The van der Waals surface area contributed by atoms with Crippen LogP contribution in [0, 0.1) is 19.8 Å². The zero-order valence-electron chi connectivity index (χ0n) is 17.2. The van der Waals surface area contributed by atoms with E-state index < -0.39 is 0 Å². The normalized spacial score (nSPS) is 15.3. The summed E-state index contributed by atoms with van der Waals surface area (Å²) in [6.45, 7) is 6.34. The Morgan fingerprint density at radius 1 is 1.17 bits per heavy atom. The zero-order chi connectivity index (χ0) is 21.1. The van der Waals surface area contributed by atoms with E-state index in [-0.39, 0.29) is 11.8 Å². The number of benzene rings is 2. The van der Waals surface area contributed by atoms with E-state index in [1.54, 1.807) is 0 Å². The number of carbonyl (C=O) groups is 1. The van der Waals surface area contributed by atoms with Gasteiger partial charge in [-0.15, -0.1) is 0 Å². The van der Waals surface area contributed by atoms with E-state index in [4.69, 9.17) is 4.52 Å². The number of hydrogen-bond donors (Lipinski definition) is 1. The minimum Gasteiger partial charge on any atom is -0.338 e. The van der Waals surface area contributed by atoms with Crippen LogP contribution in [0.25, 0.3) is 11.4 Å². The van der Waals surface area contributed by atoms with Crippen LogP contribution in [0.5, 0.6) is 0 Å². The standard InChI is InChI=1S/C23H25BrN4O2/c1-15-3-5-17(6-4-15)22-26-21(30-27-22)14-28-11-9-18(10-12-28)23(29)25-19-7-8-20(24)16(2)13-19/h3-8,13,18H,9-12,14H2,1-2H3,(H,25,29). The number of likely N-dealkylation sites (tertiary alicyclic amines) is 1. The minimum absolute atomic E-state index is 0.0241. The molecule has 1 aliphatic heterocycles. The van der Waals surface area contributed by atoms with Gasteiger partial charge >= 0.3 is 0 Å². The number of carbonyl (C=O) groups excluding carboxylic acids is 1. The number of halogens is 1. The number of rotatable bonds is 5. The van der Waals surface area contributed by atoms with Crippen molar-refractivity contribution in [1.29, 1.82) is 0 Å². The van der Waals surface area contributed by atoms with Crippen LogP contribution in [0.2, 0.25) is 0 Å². The van der Waals surface area contributed by atoms with E-state index in [0.717, 1.165) is 47.2 Å². The lowest BCUT2D eigenvalue weighted by molar-refractivity contribution is -0.121. The highest BCUT2D eigenvalue weighted by Gasteiger charge is 2.26. The first-order chi connectivity index (χ1) is 14.5. The van der Waals surface area contributed by atoms with Crippen LogP contribution in [-0.4, -0.2) is 34.0 Å². The molecule has 2 heterocycles. The molecule has 0 aliphatic carbocycles. The Morgan fingerprint density at radius 3 is 2.60 bits per heavy atom. The number of hydrogen-bond acceptors (Lipinski definition) is 5. The van der Waals surface area contributed by atoms with Crippen molar-refractivity contribution in [3.05, 3.63) is 64.0 Å². The van der Waals surface area contributed by atoms with Gasteiger partial charge in [0, 0.05) is 21.6 Å². The number of nitrogens with one attached hydrogen (secondary N) is 1. The molecule has 156 valence electrons. The first-order valence-electron chi connectivity index (χ1n) is 10.2. The van der Waals surface area contributed by atoms with E-state index >= 15 is 0 Å². The number of anilines is 1. The summed E-state index contributed by atoms with van der Waals surface area (Å²) in [6.07, 6.45) is 1.64. The Balaban J connectivity index is 1.29. The van der Waals surface area contributed by atoms with Crippen molar-refractivity contribution in [2.75, 3.05) is 18.4 Å². The van der Waals surface area contributed by atoms with Gasteiger partial charge < -0.3 is 9.84 Å². The maximum Gasteiger partial charge on any atom is 0.241 e. The lowest BCUT2D eigenvalue weighted by atomic mass is 9.96. The van der Waals surface area contributed by atoms with Gasteiger partial charge in [-0.1, -0.05) is 50.9 Å². The fraction of sp³-hybridized carbons (Fsp3) is 0.348. The molecule has 2 aromatic carbocycles. The van der Waals surface area contributed by atoms with Gasteiger partial charge in [0.25, 0.3) is 0 Å². The Kier molecular flexibility index (Phi) is 6.29. The lowest BCUT2D eigenvalue weighted by Crippen LogP contribution is -2.37. The van der Waals surface area contributed by atoms with Gasteiger partial charge in [0.05, 0.1) is 6.54 Å². The van der Waals surface area contributed by atoms with Crippen molar-refractivity contribution >= 4 is 27.5 Å². The summed E-state index contributed by atoms with van der Waals surface area (Å²) < 4.78 is 6.48. The van der Waals surface area contributed by atoms with Crippen molar-refractivity contribution in [2.24, 2.45) is 5.92 Å². The van der Waals surface area contributed by atoms with Gasteiger partial charge in [-0.2, -0.15) is 4.98 Å². The molecule has 1 fully saturated rings. The van der Waals surface area contributed by atoms with Gasteiger partial charge in [0.15, 0.2) is 0 Å². The summed E-state index contributed by atoms with van der Waals surface area (Å²) in [5, 5.41) is 7.16. The van der Waals surface area contributed by atoms with E-state index in [1.165, 1.54) is 5.56 Å². The molecule has 4 rings (SSSR count). The molecular formula is C23H25BrN4O2. The fourth-order valence-electron chi connectivity index (χ4n) is 3.65. The molecule has 0 saturated carbocycles. The average molecular weight is 469 g/mol. The molecule has 1 saturated heterocycles. The smallest absolute Gasteiger partial charge is 0.241 e. The highest BCUT2D eigenvalue weighted by Crippen LogP contribution is 2.24. The predicted octanol–water partition coefficient (Wildman–Crippen LogP) is 4.97. The summed E-state index contributed by atoms with van der Waals surface area (Å²) in [5.41, 5.74) is 4.10. The van der Waals surface area contributed by atoms with Gasteiger partial charge in [-0.3, -0.25) is 9.69 Å². The quantitative estimate of drug-likeness (QED) is 0.572. The minimum atomic E-state index is 0.0241. The summed E-state index contributed by atoms with van der Waals surface area (Å²) in [6, 6.07) is 13.9. The van der Waals surface area contributed by atoms with E-state index in [9.17, 15) is 4.79 Å². The van der Waals surface area contributed by atoms with Crippen molar-refractivity contribution in [2.45, 2.75) is 33.2 Å². The Hall–Kier alpha value is -2.51. The fourth-order valence-corrected chi connectivity index (χ4v) is 3.90. The molecule has 0 radical (unpaired) electrons. The first-order valence-corrected chi connectivity index (χ1v) is 11.0. The second kappa shape index (κ2) is 9.10. The summed E-state index contributed by atoms with van der Waals surface area (Å²) in [7, 11) is 0. The third kappa shape index (κ3) is 4.96. The van der Waals surface area contributed by atoms with Crippen LogP contribution in [0.3, 0.4) is 0 Å². The molecule has 0 atom stereocenters. The molecule has 0 spiro atoms. The maximum atomic E-state index is 12.6. The first kappa shape index (κ1) is 20.8. The second-order valence-electron chi connectivity index (χ2n) is 7.88. The molecule has 3 aromatic rings. The molecule has 0 unspecified atom stereocenters. The molecule has 1 aliphatic rings. The highest BCUT2D eigenvalue weighted by atomic mass is 79.9. The van der Waals surface area contributed by atoms with Crippen molar-refractivity contribution < 1.29 is 9.32 Å². The van der Waals surface area contributed by atoms with Crippen LogP contribution in [-0.2, 0) is 11.3 Å². The summed E-state index contributed by atoms with van der Waals surface area (Å²) >= 11 is 3.49. The van der Waals surface area contributed by atoms with Crippen LogP contribution in [0.1, 0.15) is 29.9 Å². The molecule has 1 aromatic heterocycles. The Bertz CT molecular complexity index is 1020. The molecular weight excluding hydrogens is 444 g/mol. The molecule has 7 heteroatoms. The molecule has 6 nitrogen and oxygen atoms in total. The lowest BCUT2D eigenvalue weighted by Gasteiger charge is -2.30. The third-order valence-corrected chi connectivity index (χ3v) is 6.41. The molecule has 1 amide bonds. The highest BCUT2D eigenvalue weighted by molar-refractivity contribution is 9.10. The summed E-state index contributed by atoms with van der Waals surface area (Å²) in [4.78, 5) is 19.4. The topological polar surface area (TPSA) is 71.3 Å². The van der Waals surface area contributed by atoms with Gasteiger partial charge in [0.2, 0.25) is 17.6 Å². The van der Waals surface area contributed by atoms with Crippen LogP contribution in [0.15, 0.2) is 51.5 Å². The van der Waals surface area contributed by atoms with E-state index in [2.05, 4.69) is 43.2 Å². The number of amides is 1. The van der Waals surface area contributed by atoms with Gasteiger partial charge in [0.1, 0.15) is 0 Å². The van der Waals surface area contributed by atoms with Crippen molar-refractivity contribution in [1.82, 2.24) is 15.0 Å². The van der Waals surface area contributed by atoms with Crippen LogP contribution in [0.4, 0.5) is 5.69 Å². The Morgan fingerprint density at radius 2 is 1.90 bits per heavy atom.